The molecule has 2 aromatic rings. The van der Waals surface area contributed by atoms with Gasteiger partial charge in [0, 0.05) is 12.4 Å². The smallest absolute Gasteiger partial charge is 0.173 e. The highest BCUT2D eigenvalue weighted by Crippen LogP contribution is 2.00. The quantitative estimate of drug-likeness (QED) is 0.500. The predicted octanol–water partition coefficient (Wildman–Crippen LogP) is 1.09. The molecule has 0 unspecified atom stereocenters. The van der Waals surface area contributed by atoms with E-state index >= 15 is 0 Å². The van der Waals surface area contributed by atoms with Gasteiger partial charge < -0.3 is 5.73 Å². The van der Waals surface area contributed by atoms with Crippen molar-refractivity contribution in [2.24, 2.45) is 15.9 Å². The van der Waals surface area contributed by atoms with Crippen molar-refractivity contribution in [3.63, 3.8) is 0 Å². The molecule has 19 heavy (non-hydrogen) atoms. The fourth-order valence-electron chi connectivity index (χ4n) is 1.28. The Balaban J connectivity index is 2.09. The zero-order valence-electron chi connectivity index (χ0n) is 9.93. The Hall–Kier alpha value is -3.07. The molecule has 1 heterocycles. The summed E-state index contributed by atoms with van der Waals surface area (Å²) in [6, 6.07) is 9.00. The average Bonchev–Trinajstić information content (AvgIpc) is 2.49. The maximum Gasteiger partial charge on any atom is 0.173 e. The van der Waals surface area contributed by atoms with E-state index in [1.54, 1.807) is 36.7 Å². The van der Waals surface area contributed by atoms with E-state index in [1.807, 2.05) is 6.07 Å². The number of nitrogens with zero attached hydrogens (tertiary/aromatic N) is 5. The van der Waals surface area contributed by atoms with Crippen molar-refractivity contribution in [1.29, 1.82) is 5.26 Å². The number of aromatic nitrogens is 2. The molecule has 6 heteroatoms. The van der Waals surface area contributed by atoms with Gasteiger partial charge in [-0.15, -0.1) is 5.10 Å². The van der Waals surface area contributed by atoms with Crippen molar-refractivity contribution < 1.29 is 0 Å². The van der Waals surface area contributed by atoms with Crippen LogP contribution in [-0.4, -0.2) is 22.0 Å². The molecule has 0 aliphatic rings. The Labute approximate surface area is 110 Å². The van der Waals surface area contributed by atoms with Gasteiger partial charge in [0.05, 0.1) is 24.0 Å². The summed E-state index contributed by atoms with van der Waals surface area (Å²) in [7, 11) is 0. The molecule has 1 aromatic carbocycles. The highest BCUT2D eigenvalue weighted by molar-refractivity contribution is 5.95. The molecule has 92 valence electrons. The number of nitriles is 1. The molecule has 0 radical (unpaired) electrons. The van der Waals surface area contributed by atoms with Crippen molar-refractivity contribution in [2.45, 2.75) is 0 Å². The molecule has 0 bridgehead atoms. The first-order valence-electron chi connectivity index (χ1n) is 5.42. The van der Waals surface area contributed by atoms with Crippen LogP contribution in [0.25, 0.3) is 0 Å². The highest BCUT2D eigenvalue weighted by atomic mass is 15.2. The first-order chi connectivity index (χ1) is 9.29. The van der Waals surface area contributed by atoms with Gasteiger partial charge in [0.15, 0.2) is 5.84 Å². The van der Waals surface area contributed by atoms with Gasteiger partial charge in [-0.3, -0.25) is 4.98 Å². The summed E-state index contributed by atoms with van der Waals surface area (Å²) >= 11 is 0. The second-order valence-corrected chi connectivity index (χ2v) is 3.55. The predicted molar refractivity (Wildman–Crippen MR) is 71.5 cm³/mol. The van der Waals surface area contributed by atoms with Crippen LogP contribution in [-0.2, 0) is 0 Å². The van der Waals surface area contributed by atoms with Crippen LogP contribution in [0.3, 0.4) is 0 Å². The van der Waals surface area contributed by atoms with Crippen LogP contribution < -0.4 is 5.73 Å². The molecule has 0 fully saturated rings. The van der Waals surface area contributed by atoms with Gasteiger partial charge in [0.1, 0.15) is 5.69 Å². The van der Waals surface area contributed by atoms with E-state index in [1.165, 1.54) is 12.4 Å². The normalized spacial score (nSPS) is 11.4. The molecular weight excluding hydrogens is 240 g/mol. The van der Waals surface area contributed by atoms with Crippen LogP contribution in [0.2, 0.25) is 0 Å². The molecule has 0 aliphatic heterocycles. The maximum absolute atomic E-state index is 8.67. The number of nitrogens with two attached hydrogens (primary N) is 1. The minimum atomic E-state index is 0.193. The summed E-state index contributed by atoms with van der Waals surface area (Å²) in [5.74, 6) is 0.193. The summed E-state index contributed by atoms with van der Waals surface area (Å²) in [6.45, 7) is 0. The van der Waals surface area contributed by atoms with Crippen LogP contribution in [0.1, 0.15) is 16.8 Å². The summed E-state index contributed by atoms with van der Waals surface area (Å²) in [5, 5.41) is 16.4. The molecule has 0 amide bonds. The first-order valence-corrected chi connectivity index (χ1v) is 5.42. The van der Waals surface area contributed by atoms with Crippen molar-refractivity contribution in [1.82, 2.24) is 9.97 Å². The molecule has 0 saturated heterocycles. The molecule has 0 spiro atoms. The van der Waals surface area contributed by atoms with Crippen LogP contribution in [0.15, 0.2) is 53.1 Å². The third-order valence-corrected chi connectivity index (χ3v) is 2.24. The van der Waals surface area contributed by atoms with Gasteiger partial charge in [0.2, 0.25) is 0 Å². The van der Waals surface area contributed by atoms with Crippen LogP contribution >= 0.6 is 0 Å². The number of benzene rings is 1. The van der Waals surface area contributed by atoms with Crippen molar-refractivity contribution in [3.8, 4) is 6.07 Å². The Morgan fingerprint density at radius 1 is 1.26 bits per heavy atom. The Morgan fingerprint density at radius 3 is 2.68 bits per heavy atom. The molecule has 0 aliphatic carbocycles. The van der Waals surface area contributed by atoms with Gasteiger partial charge >= 0.3 is 0 Å². The third-order valence-electron chi connectivity index (χ3n) is 2.24. The molecule has 0 saturated carbocycles. The average molecular weight is 250 g/mol. The Morgan fingerprint density at radius 2 is 2.05 bits per heavy atom. The van der Waals surface area contributed by atoms with Crippen LogP contribution in [0, 0.1) is 11.3 Å². The fourth-order valence-corrected chi connectivity index (χ4v) is 1.28. The summed E-state index contributed by atoms with van der Waals surface area (Å²) in [6.07, 6.45) is 6.14. The van der Waals surface area contributed by atoms with Crippen LogP contribution in [0.5, 0.6) is 0 Å². The number of hydrogen-bond acceptors (Lipinski definition) is 5. The van der Waals surface area contributed by atoms with Gasteiger partial charge in [-0.05, 0) is 17.7 Å². The lowest BCUT2D eigenvalue weighted by molar-refractivity contribution is 1.15. The first kappa shape index (κ1) is 12.4. The zero-order chi connectivity index (χ0) is 13.5. The number of rotatable bonds is 3. The van der Waals surface area contributed by atoms with Gasteiger partial charge in [-0.2, -0.15) is 10.4 Å². The van der Waals surface area contributed by atoms with E-state index in [0.29, 0.717) is 11.3 Å². The molecule has 1 aromatic heterocycles. The van der Waals surface area contributed by atoms with Crippen molar-refractivity contribution in [3.05, 3.63) is 59.7 Å². The van der Waals surface area contributed by atoms with Crippen molar-refractivity contribution in [2.75, 3.05) is 0 Å². The summed E-state index contributed by atoms with van der Waals surface area (Å²) in [5.41, 5.74) is 7.59. The summed E-state index contributed by atoms with van der Waals surface area (Å²) in [4.78, 5) is 7.88. The standard InChI is InChI=1S/C13H10N6/c14-7-10-1-3-11(4-2-10)8-18-19-13(15)12-9-16-5-6-17-12/h1-6,8-9H,(H2,15,19)/b18-8+. The third kappa shape index (κ3) is 3.44. The lowest BCUT2D eigenvalue weighted by atomic mass is 10.2. The second-order valence-electron chi connectivity index (χ2n) is 3.55. The molecule has 6 nitrogen and oxygen atoms in total. The Kier molecular flexibility index (Phi) is 3.93. The largest absolute Gasteiger partial charge is 0.380 e. The maximum atomic E-state index is 8.67. The monoisotopic (exact) mass is 250 g/mol. The zero-order valence-corrected chi connectivity index (χ0v) is 9.93. The Bertz CT molecular complexity index is 637. The second kappa shape index (κ2) is 6.02. The van der Waals surface area contributed by atoms with E-state index in [0.717, 1.165) is 5.56 Å². The highest BCUT2D eigenvalue weighted by Gasteiger charge is 1.97. The van der Waals surface area contributed by atoms with Gasteiger partial charge in [0.25, 0.3) is 0 Å². The van der Waals surface area contributed by atoms with E-state index < -0.39 is 0 Å². The molecule has 2 rings (SSSR count). The van der Waals surface area contributed by atoms with E-state index in [2.05, 4.69) is 20.2 Å². The minimum Gasteiger partial charge on any atom is -0.380 e. The van der Waals surface area contributed by atoms with E-state index in [9.17, 15) is 0 Å². The lowest BCUT2D eigenvalue weighted by Gasteiger charge is -1.95. The number of hydrogen-bond donors (Lipinski definition) is 1. The minimum absolute atomic E-state index is 0.193. The summed E-state index contributed by atoms with van der Waals surface area (Å²) < 4.78 is 0. The fraction of sp³-hybridized carbons (Fsp3) is 0. The van der Waals surface area contributed by atoms with Crippen molar-refractivity contribution >= 4 is 12.1 Å². The SMILES string of the molecule is N#Cc1ccc(/C=N/N=C(/N)c2cnccn2)cc1. The van der Waals surface area contributed by atoms with Crippen LogP contribution in [0.4, 0.5) is 0 Å². The van der Waals surface area contributed by atoms with Gasteiger partial charge in [-0.1, -0.05) is 12.1 Å². The lowest BCUT2D eigenvalue weighted by Crippen LogP contribution is -2.14. The molecule has 2 N–H and O–H groups in total. The van der Waals surface area contributed by atoms with E-state index in [-0.39, 0.29) is 5.84 Å². The number of amidine groups is 1. The topological polar surface area (TPSA) is 100 Å². The molecule has 0 atom stereocenters. The van der Waals surface area contributed by atoms with E-state index in [4.69, 9.17) is 11.0 Å². The molecular formula is C13H10N6. The van der Waals surface area contributed by atoms with Gasteiger partial charge in [-0.25, -0.2) is 4.98 Å².